The Morgan fingerprint density at radius 1 is 1.12 bits per heavy atom. The number of ether oxygens (including phenoxy) is 1. The van der Waals surface area contributed by atoms with Crippen LogP contribution in [-0.2, 0) is 14.3 Å². The molecule has 2 rings (SSSR count). The van der Waals surface area contributed by atoms with E-state index in [0.29, 0.717) is 0 Å². The summed E-state index contributed by atoms with van der Waals surface area (Å²) >= 11 is 0. The summed E-state index contributed by atoms with van der Waals surface area (Å²) in [5.41, 5.74) is 6.18. The van der Waals surface area contributed by atoms with Crippen LogP contribution in [-0.4, -0.2) is 38.1 Å². The van der Waals surface area contributed by atoms with Crippen LogP contribution in [0.15, 0.2) is 42.5 Å². The van der Waals surface area contributed by atoms with Crippen LogP contribution in [0.5, 0.6) is 0 Å². The number of hydrogen-bond donors (Lipinski definition) is 3. The maximum atomic E-state index is 12.0. The summed E-state index contributed by atoms with van der Waals surface area (Å²) in [6.07, 6.45) is -0.203. The van der Waals surface area contributed by atoms with Gasteiger partial charge in [-0.2, -0.15) is 0 Å². The molecule has 1 atom stereocenters. The fourth-order valence-electron chi connectivity index (χ4n) is 2.25. The highest BCUT2D eigenvalue weighted by Crippen LogP contribution is 2.22. The molecule has 0 fully saturated rings. The predicted molar refractivity (Wildman–Crippen MR) is 97.3 cm³/mol. The second-order valence-corrected chi connectivity index (χ2v) is 5.15. The topological polar surface area (TPSA) is 93.4 Å². The molecule has 2 aromatic rings. The summed E-state index contributed by atoms with van der Waals surface area (Å²) in [6, 6.07) is 13.5. The van der Waals surface area contributed by atoms with Crippen molar-refractivity contribution in [2.24, 2.45) is 5.73 Å². The van der Waals surface area contributed by atoms with Crippen LogP contribution in [0.2, 0.25) is 0 Å². The van der Waals surface area contributed by atoms with Crippen molar-refractivity contribution in [3.05, 3.63) is 42.5 Å². The number of nitrogens with one attached hydrogen (secondary N) is 2. The third-order valence-electron chi connectivity index (χ3n) is 3.52. The highest BCUT2D eigenvalue weighted by atomic mass is 35.5. The largest absolute Gasteiger partial charge is 0.380 e. The van der Waals surface area contributed by atoms with E-state index in [9.17, 15) is 9.59 Å². The Labute approximate surface area is 147 Å². The van der Waals surface area contributed by atoms with Crippen molar-refractivity contribution in [3.63, 3.8) is 0 Å². The van der Waals surface area contributed by atoms with Crippen molar-refractivity contribution >= 4 is 40.7 Å². The van der Waals surface area contributed by atoms with E-state index in [4.69, 9.17) is 10.5 Å². The smallest absolute Gasteiger partial charge is 0.243 e. The molecule has 0 saturated heterocycles. The number of hydrogen-bond acceptors (Lipinski definition) is 4. The molecule has 0 spiro atoms. The molecule has 0 saturated carbocycles. The fraction of sp³-hybridized carbons (Fsp3) is 0.294. The number of anilines is 1. The SMILES string of the molecule is COC(CN)CC(=O)NCC(=O)Nc1cccc2ccccc12.Cl. The average molecular weight is 352 g/mol. The van der Waals surface area contributed by atoms with Gasteiger partial charge >= 0.3 is 0 Å². The van der Waals surface area contributed by atoms with Gasteiger partial charge in [0.2, 0.25) is 11.8 Å². The minimum absolute atomic E-state index is 0. The van der Waals surface area contributed by atoms with Gasteiger partial charge in [-0.05, 0) is 11.5 Å². The molecular formula is C17H22ClN3O3. The Balaban J connectivity index is 0.00000288. The number of fused-ring (bicyclic) bond motifs is 1. The van der Waals surface area contributed by atoms with Crippen LogP contribution in [0, 0.1) is 0 Å². The van der Waals surface area contributed by atoms with Gasteiger partial charge in [0, 0.05) is 24.7 Å². The number of halogens is 1. The van der Waals surface area contributed by atoms with E-state index >= 15 is 0 Å². The quantitative estimate of drug-likeness (QED) is 0.707. The third kappa shape index (κ3) is 5.49. The molecule has 130 valence electrons. The van der Waals surface area contributed by atoms with Gasteiger partial charge in [-0.3, -0.25) is 9.59 Å². The van der Waals surface area contributed by atoms with Crippen LogP contribution >= 0.6 is 12.4 Å². The van der Waals surface area contributed by atoms with Crippen LogP contribution in [0.3, 0.4) is 0 Å². The zero-order chi connectivity index (χ0) is 16.7. The number of nitrogens with two attached hydrogens (primary N) is 1. The fourth-order valence-corrected chi connectivity index (χ4v) is 2.25. The molecule has 0 bridgehead atoms. The number of amides is 2. The summed E-state index contributed by atoms with van der Waals surface area (Å²) in [4.78, 5) is 23.7. The number of benzene rings is 2. The molecule has 0 heterocycles. The van der Waals surface area contributed by atoms with Gasteiger partial charge in [-0.1, -0.05) is 36.4 Å². The van der Waals surface area contributed by atoms with Gasteiger partial charge < -0.3 is 21.1 Å². The predicted octanol–water partition coefficient (Wildman–Crippen LogP) is 1.68. The van der Waals surface area contributed by atoms with Gasteiger partial charge in [0.15, 0.2) is 0 Å². The Bertz CT molecular complexity index is 684. The van der Waals surface area contributed by atoms with Crippen LogP contribution in [0.25, 0.3) is 10.8 Å². The van der Waals surface area contributed by atoms with E-state index in [1.807, 2.05) is 42.5 Å². The van der Waals surface area contributed by atoms with E-state index in [0.717, 1.165) is 16.5 Å². The van der Waals surface area contributed by atoms with E-state index < -0.39 is 0 Å². The van der Waals surface area contributed by atoms with Crippen molar-refractivity contribution in [1.82, 2.24) is 5.32 Å². The Kier molecular flexibility index (Phi) is 8.18. The molecular weight excluding hydrogens is 330 g/mol. The number of carbonyl (C=O) groups is 2. The lowest BCUT2D eigenvalue weighted by molar-refractivity contribution is -0.125. The van der Waals surface area contributed by atoms with Crippen molar-refractivity contribution in [3.8, 4) is 0 Å². The van der Waals surface area contributed by atoms with Crippen LogP contribution in [0.4, 0.5) is 5.69 Å². The van der Waals surface area contributed by atoms with Gasteiger partial charge in [0.25, 0.3) is 0 Å². The lowest BCUT2D eigenvalue weighted by Crippen LogP contribution is -2.36. The minimum atomic E-state index is -0.337. The first-order valence-electron chi connectivity index (χ1n) is 7.41. The number of rotatable bonds is 7. The molecule has 0 aliphatic carbocycles. The summed E-state index contributed by atoms with van der Waals surface area (Å²) < 4.78 is 5.03. The minimum Gasteiger partial charge on any atom is -0.380 e. The molecule has 6 nitrogen and oxygen atoms in total. The molecule has 7 heteroatoms. The molecule has 0 aliphatic rings. The van der Waals surface area contributed by atoms with Gasteiger partial charge in [-0.15, -0.1) is 12.4 Å². The summed E-state index contributed by atoms with van der Waals surface area (Å²) in [5, 5.41) is 7.37. The lowest BCUT2D eigenvalue weighted by atomic mass is 10.1. The third-order valence-corrected chi connectivity index (χ3v) is 3.52. The zero-order valence-electron chi connectivity index (χ0n) is 13.5. The monoisotopic (exact) mass is 351 g/mol. The highest BCUT2D eigenvalue weighted by molar-refractivity contribution is 6.03. The summed E-state index contributed by atoms with van der Waals surface area (Å²) in [7, 11) is 1.50. The van der Waals surface area contributed by atoms with Crippen molar-refractivity contribution in [2.45, 2.75) is 12.5 Å². The molecule has 2 amide bonds. The maximum Gasteiger partial charge on any atom is 0.243 e. The first kappa shape index (κ1) is 19.9. The maximum absolute atomic E-state index is 12.0. The summed E-state index contributed by atoms with van der Waals surface area (Å²) in [6.45, 7) is 0.162. The van der Waals surface area contributed by atoms with E-state index in [1.165, 1.54) is 7.11 Å². The van der Waals surface area contributed by atoms with Crippen molar-refractivity contribution in [2.75, 3.05) is 25.5 Å². The first-order valence-corrected chi connectivity index (χ1v) is 7.41. The van der Waals surface area contributed by atoms with Gasteiger partial charge in [-0.25, -0.2) is 0 Å². The molecule has 1 unspecified atom stereocenters. The molecule has 24 heavy (non-hydrogen) atoms. The number of methoxy groups -OCH3 is 1. The highest BCUT2D eigenvalue weighted by Gasteiger charge is 2.12. The number of carbonyl (C=O) groups excluding carboxylic acids is 2. The molecule has 2 aromatic carbocycles. The van der Waals surface area contributed by atoms with Gasteiger partial charge in [0.05, 0.1) is 19.1 Å². The van der Waals surface area contributed by atoms with E-state index in [1.54, 1.807) is 0 Å². The molecule has 4 N–H and O–H groups in total. The average Bonchev–Trinajstić information content (AvgIpc) is 2.58. The Morgan fingerprint density at radius 2 is 1.83 bits per heavy atom. The van der Waals surface area contributed by atoms with E-state index in [-0.39, 0.29) is 49.8 Å². The van der Waals surface area contributed by atoms with Crippen molar-refractivity contribution in [1.29, 1.82) is 0 Å². The van der Waals surface area contributed by atoms with Crippen LogP contribution < -0.4 is 16.4 Å². The molecule has 0 aliphatic heterocycles. The van der Waals surface area contributed by atoms with Gasteiger partial charge in [0.1, 0.15) is 0 Å². The van der Waals surface area contributed by atoms with Crippen LogP contribution in [0.1, 0.15) is 6.42 Å². The Morgan fingerprint density at radius 3 is 2.54 bits per heavy atom. The second-order valence-electron chi connectivity index (χ2n) is 5.15. The standard InChI is InChI=1S/C17H21N3O3.ClH/c1-23-13(10-18)9-16(21)19-11-17(22)20-15-8-4-6-12-5-2-3-7-14(12)15;/h2-8,13H,9-11,18H2,1H3,(H,19,21)(H,20,22);1H. The first-order chi connectivity index (χ1) is 11.1. The Hall–Kier alpha value is -2.15. The molecule has 0 aromatic heterocycles. The van der Waals surface area contributed by atoms with E-state index in [2.05, 4.69) is 10.6 Å². The zero-order valence-corrected chi connectivity index (χ0v) is 14.3. The van der Waals surface area contributed by atoms with Crippen molar-refractivity contribution < 1.29 is 14.3 Å². The normalized spacial score (nSPS) is 11.4. The lowest BCUT2D eigenvalue weighted by Gasteiger charge is -2.13. The molecule has 0 radical (unpaired) electrons. The second kappa shape index (κ2) is 9.87. The summed E-state index contributed by atoms with van der Waals surface area (Å²) in [5.74, 6) is -0.549.